The van der Waals surface area contributed by atoms with E-state index in [1.54, 1.807) is 12.1 Å². The first-order valence-corrected chi connectivity index (χ1v) is 7.70. The van der Waals surface area contributed by atoms with Crippen LogP contribution in [0.15, 0.2) is 36.4 Å². The summed E-state index contributed by atoms with van der Waals surface area (Å²) in [6, 6.07) is 11.3. The van der Waals surface area contributed by atoms with Crippen LogP contribution in [0.3, 0.4) is 0 Å². The first kappa shape index (κ1) is 13.9. The summed E-state index contributed by atoms with van der Waals surface area (Å²) < 4.78 is 0. The van der Waals surface area contributed by atoms with Crippen molar-refractivity contribution in [1.29, 1.82) is 0 Å². The van der Waals surface area contributed by atoms with Crippen molar-refractivity contribution in [3.8, 4) is 5.75 Å². The summed E-state index contributed by atoms with van der Waals surface area (Å²) in [6.07, 6.45) is 3.71. The van der Waals surface area contributed by atoms with Crippen molar-refractivity contribution in [2.24, 2.45) is 5.92 Å². The number of hydrogen-bond acceptors (Lipinski definition) is 2. The summed E-state index contributed by atoms with van der Waals surface area (Å²) in [4.78, 5) is 14.5. The molecule has 0 unspecified atom stereocenters. The molecule has 0 bridgehead atoms. The minimum atomic E-state index is -0.0624. The monoisotopic (exact) mass is 283 g/mol. The van der Waals surface area contributed by atoms with Crippen molar-refractivity contribution in [1.82, 2.24) is 4.90 Å². The Kier molecular flexibility index (Phi) is 3.82. The van der Waals surface area contributed by atoms with E-state index in [1.165, 1.54) is 19.3 Å². The zero-order valence-electron chi connectivity index (χ0n) is 12.4. The Bertz CT molecular complexity index is 661. The molecule has 1 saturated carbocycles. The van der Waals surface area contributed by atoms with Gasteiger partial charge in [-0.05, 0) is 48.6 Å². The Balaban J connectivity index is 1.90. The third kappa shape index (κ3) is 2.73. The van der Waals surface area contributed by atoms with Crippen LogP contribution in [0.1, 0.15) is 36.5 Å². The minimum absolute atomic E-state index is 0.0624. The Morgan fingerprint density at radius 3 is 2.48 bits per heavy atom. The molecule has 0 aliphatic heterocycles. The number of aromatic hydroxyl groups is 1. The molecule has 1 fully saturated rings. The molecule has 0 atom stereocenters. The Labute approximate surface area is 125 Å². The molecular weight excluding hydrogens is 262 g/mol. The smallest absolute Gasteiger partial charge is 0.257 e. The van der Waals surface area contributed by atoms with Crippen LogP contribution in [0.25, 0.3) is 10.8 Å². The molecule has 0 radical (unpaired) electrons. The number of benzene rings is 2. The van der Waals surface area contributed by atoms with E-state index in [4.69, 9.17) is 0 Å². The predicted octanol–water partition coefficient (Wildman–Crippen LogP) is 3.81. The minimum Gasteiger partial charge on any atom is -0.507 e. The largest absolute Gasteiger partial charge is 0.507 e. The average Bonchev–Trinajstić information content (AvgIpc) is 2.45. The summed E-state index contributed by atoms with van der Waals surface area (Å²) in [6.45, 7) is 3.48. The summed E-state index contributed by atoms with van der Waals surface area (Å²) in [5, 5.41) is 12.1. The second-order valence-electron chi connectivity index (χ2n) is 5.86. The van der Waals surface area contributed by atoms with E-state index in [0.717, 1.165) is 17.3 Å². The van der Waals surface area contributed by atoms with Gasteiger partial charge in [-0.15, -0.1) is 0 Å². The van der Waals surface area contributed by atoms with Gasteiger partial charge in [0.25, 0.3) is 5.91 Å². The van der Waals surface area contributed by atoms with Crippen LogP contribution < -0.4 is 0 Å². The van der Waals surface area contributed by atoms with Crippen LogP contribution >= 0.6 is 0 Å². The van der Waals surface area contributed by atoms with Gasteiger partial charge < -0.3 is 10.0 Å². The van der Waals surface area contributed by atoms with Gasteiger partial charge in [0.2, 0.25) is 0 Å². The molecule has 0 aromatic heterocycles. The lowest BCUT2D eigenvalue weighted by atomic mass is 9.85. The van der Waals surface area contributed by atoms with E-state index < -0.39 is 0 Å². The topological polar surface area (TPSA) is 40.5 Å². The summed E-state index contributed by atoms with van der Waals surface area (Å²) in [7, 11) is 0. The van der Waals surface area contributed by atoms with Gasteiger partial charge in [-0.25, -0.2) is 0 Å². The maximum absolute atomic E-state index is 12.7. The zero-order chi connectivity index (χ0) is 14.8. The van der Waals surface area contributed by atoms with Gasteiger partial charge in [-0.3, -0.25) is 4.79 Å². The molecule has 3 rings (SSSR count). The molecule has 1 N–H and O–H groups in total. The molecule has 110 valence electrons. The molecule has 0 heterocycles. The first-order valence-electron chi connectivity index (χ1n) is 7.70. The van der Waals surface area contributed by atoms with Crippen LogP contribution in [0.2, 0.25) is 0 Å². The second kappa shape index (κ2) is 5.76. The third-order valence-corrected chi connectivity index (χ3v) is 4.47. The van der Waals surface area contributed by atoms with Gasteiger partial charge in [-0.2, -0.15) is 0 Å². The molecule has 3 nitrogen and oxygen atoms in total. The van der Waals surface area contributed by atoms with Crippen molar-refractivity contribution in [2.75, 3.05) is 13.1 Å². The van der Waals surface area contributed by atoms with Gasteiger partial charge >= 0.3 is 0 Å². The van der Waals surface area contributed by atoms with Crippen molar-refractivity contribution in [2.45, 2.75) is 26.2 Å². The number of fused-ring (bicyclic) bond motifs is 1. The molecule has 2 aromatic carbocycles. The second-order valence-corrected chi connectivity index (χ2v) is 5.86. The number of hydrogen-bond donors (Lipinski definition) is 1. The van der Waals surface area contributed by atoms with E-state index in [1.807, 2.05) is 36.1 Å². The molecule has 1 aliphatic rings. The van der Waals surface area contributed by atoms with Crippen molar-refractivity contribution in [3.63, 3.8) is 0 Å². The number of nitrogens with zero attached hydrogens (tertiary/aromatic N) is 1. The molecule has 0 spiro atoms. The standard InChI is InChI=1S/C18H21NO2/c1-2-19(12-13-6-5-7-13)18(21)16-10-14-8-3-4-9-15(14)11-17(16)20/h3-4,8-11,13,20H,2,5-7,12H2,1H3. The summed E-state index contributed by atoms with van der Waals surface area (Å²) in [5.74, 6) is 0.648. The molecular formula is C18H21NO2. The number of phenolic OH excluding ortho intramolecular Hbond substituents is 1. The Morgan fingerprint density at radius 2 is 1.90 bits per heavy atom. The first-order chi connectivity index (χ1) is 10.2. The van der Waals surface area contributed by atoms with E-state index in [2.05, 4.69) is 0 Å². The Morgan fingerprint density at radius 1 is 1.24 bits per heavy atom. The average molecular weight is 283 g/mol. The van der Waals surface area contributed by atoms with E-state index >= 15 is 0 Å². The van der Waals surface area contributed by atoms with Gasteiger partial charge in [0.05, 0.1) is 5.56 Å². The quantitative estimate of drug-likeness (QED) is 0.927. The maximum Gasteiger partial charge on any atom is 0.257 e. The molecule has 21 heavy (non-hydrogen) atoms. The van der Waals surface area contributed by atoms with E-state index in [9.17, 15) is 9.90 Å². The SMILES string of the molecule is CCN(CC1CCC1)C(=O)c1cc2ccccc2cc1O. The zero-order valence-corrected chi connectivity index (χ0v) is 12.4. The van der Waals surface area contributed by atoms with Crippen molar-refractivity contribution in [3.05, 3.63) is 42.0 Å². The number of amides is 1. The Hall–Kier alpha value is -2.03. The molecule has 1 aliphatic carbocycles. The third-order valence-electron chi connectivity index (χ3n) is 4.47. The van der Waals surface area contributed by atoms with Crippen LogP contribution in [-0.4, -0.2) is 29.0 Å². The number of carbonyl (C=O) groups is 1. The number of phenols is 1. The fourth-order valence-electron chi connectivity index (χ4n) is 2.91. The lowest BCUT2D eigenvalue weighted by Crippen LogP contribution is -2.37. The molecule has 2 aromatic rings. The van der Waals surface area contributed by atoms with E-state index in [-0.39, 0.29) is 11.7 Å². The number of rotatable bonds is 4. The van der Waals surface area contributed by atoms with Crippen molar-refractivity contribution < 1.29 is 9.90 Å². The van der Waals surface area contributed by atoms with Gasteiger partial charge in [0, 0.05) is 13.1 Å². The fourth-order valence-corrected chi connectivity index (χ4v) is 2.91. The number of carbonyl (C=O) groups excluding carboxylic acids is 1. The normalized spacial score (nSPS) is 14.9. The highest BCUT2D eigenvalue weighted by atomic mass is 16.3. The predicted molar refractivity (Wildman–Crippen MR) is 84.5 cm³/mol. The summed E-state index contributed by atoms with van der Waals surface area (Å²) in [5.41, 5.74) is 0.412. The molecule has 0 saturated heterocycles. The highest BCUT2D eigenvalue weighted by Crippen LogP contribution is 2.29. The summed E-state index contributed by atoms with van der Waals surface area (Å²) >= 11 is 0. The van der Waals surface area contributed by atoms with Gasteiger partial charge in [-0.1, -0.05) is 30.7 Å². The van der Waals surface area contributed by atoms with Gasteiger partial charge in [0.15, 0.2) is 0 Å². The molecule has 1 amide bonds. The van der Waals surface area contributed by atoms with Crippen LogP contribution in [-0.2, 0) is 0 Å². The maximum atomic E-state index is 12.7. The fraction of sp³-hybridized carbons (Fsp3) is 0.389. The lowest BCUT2D eigenvalue weighted by Gasteiger charge is -2.32. The molecule has 3 heteroatoms. The highest BCUT2D eigenvalue weighted by molar-refractivity contribution is 6.01. The van der Waals surface area contributed by atoms with Crippen LogP contribution in [0, 0.1) is 5.92 Å². The lowest BCUT2D eigenvalue weighted by molar-refractivity contribution is 0.0703. The highest BCUT2D eigenvalue weighted by Gasteiger charge is 2.24. The van der Waals surface area contributed by atoms with Crippen LogP contribution in [0.5, 0.6) is 5.75 Å². The van der Waals surface area contributed by atoms with Crippen molar-refractivity contribution >= 4 is 16.7 Å². The van der Waals surface area contributed by atoms with Gasteiger partial charge in [0.1, 0.15) is 5.75 Å². The van der Waals surface area contributed by atoms with E-state index in [0.29, 0.717) is 18.0 Å². The van der Waals surface area contributed by atoms with Crippen LogP contribution in [0.4, 0.5) is 0 Å².